The molecule has 1 saturated heterocycles. The van der Waals surface area contributed by atoms with Crippen molar-refractivity contribution >= 4 is 5.91 Å². The van der Waals surface area contributed by atoms with Gasteiger partial charge in [0.2, 0.25) is 0 Å². The van der Waals surface area contributed by atoms with E-state index in [1.807, 2.05) is 30.0 Å². The van der Waals surface area contributed by atoms with Gasteiger partial charge in [-0.15, -0.1) is 5.10 Å². The van der Waals surface area contributed by atoms with Gasteiger partial charge in [-0.05, 0) is 36.8 Å². The summed E-state index contributed by atoms with van der Waals surface area (Å²) >= 11 is 0. The van der Waals surface area contributed by atoms with Gasteiger partial charge >= 0.3 is 0 Å². The predicted octanol–water partition coefficient (Wildman–Crippen LogP) is 2.67. The quantitative estimate of drug-likeness (QED) is 0.699. The molecule has 0 unspecified atom stereocenters. The van der Waals surface area contributed by atoms with Crippen LogP contribution in [0.2, 0.25) is 0 Å². The molecule has 0 atom stereocenters. The van der Waals surface area contributed by atoms with Crippen LogP contribution in [-0.4, -0.2) is 56.9 Å². The van der Waals surface area contributed by atoms with Gasteiger partial charge in [0, 0.05) is 32.7 Å². The minimum absolute atomic E-state index is 0.106. The zero-order chi connectivity index (χ0) is 19.5. The van der Waals surface area contributed by atoms with E-state index < -0.39 is 0 Å². The summed E-state index contributed by atoms with van der Waals surface area (Å²) in [6.07, 6.45) is 0. The second-order valence-electron chi connectivity index (χ2n) is 6.97. The molecule has 0 aliphatic carbocycles. The number of aromatic nitrogens is 3. The molecule has 144 valence electrons. The maximum Gasteiger partial charge on any atom is 0.276 e. The van der Waals surface area contributed by atoms with Crippen molar-refractivity contribution in [3.05, 3.63) is 77.4 Å². The van der Waals surface area contributed by atoms with E-state index in [1.54, 1.807) is 16.8 Å². The van der Waals surface area contributed by atoms with Gasteiger partial charge in [-0.3, -0.25) is 9.69 Å². The van der Waals surface area contributed by atoms with Crippen LogP contribution in [0.3, 0.4) is 0 Å². The normalized spacial score (nSPS) is 15.0. The standard InChI is InChI=1S/C21H22FN5O/c1-16-20(23-24-27(16)19-9-7-18(22)8-10-19)21(28)26-13-11-25(12-14-26)15-17-5-3-2-4-6-17/h2-10H,11-15H2,1H3. The molecule has 0 bridgehead atoms. The molecule has 0 radical (unpaired) electrons. The third-order valence-corrected chi connectivity index (χ3v) is 5.08. The Morgan fingerprint density at radius 3 is 2.36 bits per heavy atom. The Labute approximate surface area is 163 Å². The molecule has 0 N–H and O–H groups in total. The average molecular weight is 379 g/mol. The van der Waals surface area contributed by atoms with Crippen molar-refractivity contribution in [2.75, 3.05) is 26.2 Å². The molecular weight excluding hydrogens is 357 g/mol. The fourth-order valence-electron chi connectivity index (χ4n) is 3.45. The number of benzene rings is 2. The van der Waals surface area contributed by atoms with E-state index in [4.69, 9.17) is 0 Å². The van der Waals surface area contributed by atoms with Crippen molar-refractivity contribution in [1.29, 1.82) is 0 Å². The number of piperazine rings is 1. The Kier molecular flexibility index (Phi) is 5.16. The van der Waals surface area contributed by atoms with Gasteiger partial charge in [-0.1, -0.05) is 35.5 Å². The van der Waals surface area contributed by atoms with Crippen molar-refractivity contribution < 1.29 is 9.18 Å². The van der Waals surface area contributed by atoms with Crippen molar-refractivity contribution in [2.24, 2.45) is 0 Å². The lowest BCUT2D eigenvalue weighted by atomic mass is 10.2. The SMILES string of the molecule is Cc1c(C(=O)N2CCN(Cc3ccccc3)CC2)nnn1-c1ccc(F)cc1. The van der Waals surface area contributed by atoms with Crippen molar-refractivity contribution in [2.45, 2.75) is 13.5 Å². The smallest absolute Gasteiger partial charge is 0.276 e. The fourth-order valence-corrected chi connectivity index (χ4v) is 3.45. The highest BCUT2D eigenvalue weighted by molar-refractivity contribution is 5.93. The van der Waals surface area contributed by atoms with E-state index >= 15 is 0 Å². The lowest BCUT2D eigenvalue weighted by molar-refractivity contribution is 0.0622. The van der Waals surface area contributed by atoms with Gasteiger partial charge in [0.1, 0.15) is 5.82 Å². The summed E-state index contributed by atoms with van der Waals surface area (Å²) < 4.78 is 14.7. The second-order valence-corrected chi connectivity index (χ2v) is 6.97. The number of carbonyl (C=O) groups excluding carboxylic acids is 1. The molecular formula is C21H22FN5O. The summed E-state index contributed by atoms with van der Waals surface area (Å²) in [7, 11) is 0. The zero-order valence-corrected chi connectivity index (χ0v) is 15.8. The molecule has 28 heavy (non-hydrogen) atoms. The van der Waals surface area contributed by atoms with Gasteiger partial charge in [0.05, 0.1) is 11.4 Å². The van der Waals surface area contributed by atoms with Gasteiger partial charge in [0.15, 0.2) is 5.69 Å². The first-order chi connectivity index (χ1) is 13.6. The van der Waals surface area contributed by atoms with Crippen LogP contribution in [0.25, 0.3) is 5.69 Å². The fraction of sp³-hybridized carbons (Fsp3) is 0.286. The van der Waals surface area contributed by atoms with Crippen LogP contribution in [0.1, 0.15) is 21.7 Å². The van der Waals surface area contributed by atoms with Crippen LogP contribution in [0.15, 0.2) is 54.6 Å². The molecule has 1 aliphatic rings. The Hall–Kier alpha value is -3.06. The minimum Gasteiger partial charge on any atom is -0.335 e. The zero-order valence-electron chi connectivity index (χ0n) is 15.8. The Balaban J connectivity index is 1.41. The molecule has 1 amide bonds. The number of nitrogens with zero attached hydrogens (tertiary/aromatic N) is 5. The second kappa shape index (κ2) is 7.90. The van der Waals surface area contributed by atoms with E-state index in [9.17, 15) is 9.18 Å². The van der Waals surface area contributed by atoms with E-state index in [1.165, 1.54) is 17.7 Å². The number of halogens is 1. The summed E-state index contributed by atoms with van der Waals surface area (Å²) in [5, 5.41) is 8.18. The van der Waals surface area contributed by atoms with Crippen molar-refractivity contribution in [3.8, 4) is 5.69 Å². The average Bonchev–Trinajstić information content (AvgIpc) is 3.11. The van der Waals surface area contributed by atoms with E-state index in [-0.39, 0.29) is 11.7 Å². The predicted molar refractivity (Wildman–Crippen MR) is 104 cm³/mol. The molecule has 0 saturated carbocycles. The van der Waals surface area contributed by atoms with E-state index in [0.717, 1.165) is 19.6 Å². The Morgan fingerprint density at radius 2 is 1.68 bits per heavy atom. The maximum absolute atomic E-state index is 13.1. The summed E-state index contributed by atoms with van der Waals surface area (Å²) in [5.41, 5.74) is 2.96. The van der Waals surface area contributed by atoms with Crippen LogP contribution in [0, 0.1) is 12.7 Å². The first-order valence-electron chi connectivity index (χ1n) is 9.35. The van der Waals surface area contributed by atoms with Crippen LogP contribution in [-0.2, 0) is 6.54 Å². The Morgan fingerprint density at radius 1 is 1.00 bits per heavy atom. The minimum atomic E-state index is -0.314. The lowest BCUT2D eigenvalue weighted by Gasteiger charge is -2.34. The molecule has 2 heterocycles. The van der Waals surface area contributed by atoms with Gasteiger partial charge in [-0.25, -0.2) is 9.07 Å². The number of amides is 1. The van der Waals surface area contributed by atoms with Gasteiger partial charge in [0.25, 0.3) is 5.91 Å². The maximum atomic E-state index is 13.1. The summed E-state index contributed by atoms with van der Waals surface area (Å²) in [4.78, 5) is 17.1. The highest BCUT2D eigenvalue weighted by Gasteiger charge is 2.26. The number of hydrogen-bond acceptors (Lipinski definition) is 4. The molecule has 2 aromatic carbocycles. The summed E-state index contributed by atoms with van der Waals surface area (Å²) in [6.45, 7) is 5.67. The first kappa shape index (κ1) is 18.3. The van der Waals surface area contributed by atoms with Gasteiger partial charge < -0.3 is 4.90 Å². The molecule has 7 heteroatoms. The molecule has 3 aromatic rings. The monoisotopic (exact) mass is 379 g/mol. The van der Waals surface area contributed by atoms with Crippen LogP contribution in [0.5, 0.6) is 0 Å². The third kappa shape index (κ3) is 3.80. The number of carbonyl (C=O) groups is 1. The van der Waals surface area contributed by atoms with E-state index in [2.05, 4.69) is 27.3 Å². The lowest BCUT2D eigenvalue weighted by Crippen LogP contribution is -2.48. The molecule has 1 aliphatic heterocycles. The highest BCUT2D eigenvalue weighted by Crippen LogP contribution is 2.16. The molecule has 4 rings (SSSR count). The summed E-state index contributed by atoms with van der Waals surface area (Å²) in [5.74, 6) is -0.420. The topological polar surface area (TPSA) is 54.3 Å². The van der Waals surface area contributed by atoms with E-state index in [0.29, 0.717) is 30.2 Å². The Bertz CT molecular complexity index is 947. The van der Waals surface area contributed by atoms with Crippen LogP contribution < -0.4 is 0 Å². The first-order valence-corrected chi connectivity index (χ1v) is 9.35. The van der Waals surface area contributed by atoms with Crippen LogP contribution in [0.4, 0.5) is 4.39 Å². The van der Waals surface area contributed by atoms with Crippen LogP contribution >= 0.6 is 0 Å². The molecule has 0 spiro atoms. The molecule has 1 aromatic heterocycles. The number of hydrogen-bond donors (Lipinski definition) is 0. The summed E-state index contributed by atoms with van der Waals surface area (Å²) in [6, 6.07) is 16.3. The third-order valence-electron chi connectivity index (χ3n) is 5.08. The van der Waals surface area contributed by atoms with Gasteiger partial charge in [-0.2, -0.15) is 0 Å². The highest BCUT2D eigenvalue weighted by atomic mass is 19.1. The molecule has 1 fully saturated rings. The van der Waals surface area contributed by atoms with Crippen molar-refractivity contribution in [3.63, 3.8) is 0 Å². The van der Waals surface area contributed by atoms with Crippen molar-refractivity contribution in [1.82, 2.24) is 24.8 Å². The number of rotatable bonds is 4. The largest absolute Gasteiger partial charge is 0.335 e. The molecule has 6 nitrogen and oxygen atoms in total.